The third-order valence-electron chi connectivity index (χ3n) is 7.10. The minimum absolute atomic E-state index is 0.193. The van der Waals surface area contributed by atoms with E-state index in [-0.39, 0.29) is 16.2 Å². The van der Waals surface area contributed by atoms with Gasteiger partial charge in [0, 0.05) is 18.9 Å². The lowest BCUT2D eigenvalue weighted by atomic mass is 9.90. The van der Waals surface area contributed by atoms with Crippen LogP contribution in [-0.2, 0) is 25.1 Å². The molecule has 1 aromatic carbocycles. The molecule has 0 amide bonds. The van der Waals surface area contributed by atoms with Crippen molar-refractivity contribution in [3.8, 4) is 11.7 Å². The summed E-state index contributed by atoms with van der Waals surface area (Å²) in [4.78, 5) is 0. The van der Waals surface area contributed by atoms with Gasteiger partial charge in [0.2, 0.25) is 0 Å². The van der Waals surface area contributed by atoms with Gasteiger partial charge in [-0.1, -0.05) is 56.9 Å². The van der Waals surface area contributed by atoms with Crippen molar-refractivity contribution in [1.29, 1.82) is 0 Å². The van der Waals surface area contributed by atoms with Gasteiger partial charge in [0.15, 0.2) is 8.32 Å². The molecule has 1 unspecified atom stereocenters. The van der Waals surface area contributed by atoms with Crippen LogP contribution in [0.3, 0.4) is 0 Å². The van der Waals surface area contributed by atoms with Gasteiger partial charge >= 0.3 is 7.12 Å². The lowest BCUT2D eigenvalue weighted by molar-refractivity contribution is 0.00578. The van der Waals surface area contributed by atoms with Gasteiger partial charge in [-0.05, 0) is 57.8 Å². The van der Waals surface area contributed by atoms with Crippen LogP contribution in [0.25, 0.3) is 0 Å². The van der Waals surface area contributed by atoms with E-state index in [1.165, 1.54) is 5.56 Å². The Bertz CT molecular complexity index is 759. The molecule has 6 heteroatoms. The summed E-state index contributed by atoms with van der Waals surface area (Å²) in [5, 5.41) is 0.193. The summed E-state index contributed by atoms with van der Waals surface area (Å²) in [7, 11) is -2.27. The maximum absolute atomic E-state index is 6.51. The second kappa shape index (κ2) is 10.9. The van der Waals surface area contributed by atoms with E-state index in [1.807, 2.05) is 45.9 Å². The van der Waals surface area contributed by atoms with E-state index in [1.54, 1.807) is 0 Å². The monoisotopic (exact) mass is 458 g/mol. The fourth-order valence-corrected chi connectivity index (χ4v) is 4.09. The second-order valence-electron chi connectivity index (χ2n) is 11.4. The quantitative estimate of drug-likeness (QED) is 0.324. The highest BCUT2D eigenvalue weighted by Crippen LogP contribution is 2.37. The largest absolute Gasteiger partial charge is 0.551 e. The minimum atomic E-state index is -1.80. The molecular weight excluding hydrogens is 415 g/mol. The van der Waals surface area contributed by atoms with Crippen molar-refractivity contribution >= 4 is 15.4 Å². The summed E-state index contributed by atoms with van der Waals surface area (Å²) in [6.07, 6.45) is 1.69. The van der Waals surface area contributed by atoms with Gasteiger partial charge in [-0.15, -0.1) is 5.92 Å². The summed E-state index contributed by atoms with van der Waals surface area (Å²) in [5.41, 5.74) is 0.492. The van der Waals surface area contributed by atoms with Gasteiger partial charge in [-0.3, -0.25) is 0 Å². The van der Waals surface area contributed by atoms with Crippen LogP contribution in [0.5, 0.6) is 0 Å². The Balaban J connectivity index is 1.91. The molecule has 0 spiro atoms. The summed E-state index contributed by atoms with van der Waals surface area (Å²) in [6, 6.07) is 10.3. The van der Waals surface area contributed by atoms with Crippen LogP contribution in [0.15, 0.2) is 30.3 Å². The Morgan fingerprint density at radius 2 is 1.59 bits per heavy atom. The van der Waals surface area contributed by atoms with Crippen molar-refractivity contribution in [3.63, 3.8) is 0 Å². The fraction of sp³-hybridized carbons (Fsp3) is 0.692. The van der Waals surface area contributed by atoms with Crippen LogP contribution in [0, 0.1) is 17.7 Å². The standard InChI is InChI=1S/C26H43BO4Si/c1-24(2,3)32(8,9)29-21-23(20-28-19-22-15-11-10-12-16-22)17-13-14-18-27-30-25(4,5)26(6,7)31-27/h10-12,15-16,23H,13,17,19-21H2,1-9H3. The first-order valence-electron chi connectivity index (χ1n) is 11.8. The molecule has 1 fully saturated rings. The molecule has 32 heavy (non-hydrogen) atoms. The molecule has 0 aliphatic carbocycles. The highest BCUT2D eigenvalue weighted by Gasteiger charge is 2.50. The molecule has 0 saturated carbocycles. The lowest BCUT2D eigenvalue weighted by Crippen LogP contribution is -2.42. The molecule has 0 N–H and O–H groups in total. The molecule has 4 nitrogen and oxygen atoms in total. The fourth-order valence-electron chi connectivity index (χ4n) is 3.01. The third kappa shape index (κ3) is 7.74. The molecule has 1 saturated heterocycles. The maximum Gasteiger partial charge on any atom is 0.551 e. The Labute approximate surface area is 198 Å². The molecule has 1 aliphatic heterocycles. The normalized spacial score (nSPS) is 18.8. The topological polar surface area (TPSA) is 36.9 Å². The van der Waals surface area contributed by atoms with E-state index in [9.17, 15) is 0 Å². The second-order valence-corrected chi connectivity index (χ2v) is 16.2. The molecule has 0 aromatic heterocycles. The highest BCUT2D eigenvalue weighted by atomic mass is 28.4. The van der Waals surface area contributed by atoms with E-state index in [2.05, 4.69) is 57.7 Å². The highest BCUT2D eigenvalue weighted by molar-refractivity contribution is 6.74. The first kappa shape index (κ1) is 27.1. The van der Waals surface area contributed by atoms with E-state index < -0.39 is 15.4 Å². The van der Waals surface area contributed by atoms with Crippen molar-refractivity contribution in [1.82, 2.24) is 0 Å². The zero-order chi connectivity index (χ0) is 24.0. The number of rotatable bonds is 9. The van der Waals surface area contributed by atoms with Gasteiger partial charge in [0.05, 0.1) is 24.4 Å². The zero-order valence-electron chi connectivity index (χ0n) is 21.7. The molecule has 178 valence electrons. The van der Waals surface area contributed by atoms with E-state index in [4.69, 9.17) is 18.5 Å². The Morgan fingerprint density at radius 3 is 2.16 bits per heavy atom. The minimum Gasteiger partial charge on any atom is -0.416 e. The average Bonchev–Trinajstić information content (AvgIpc) is 2.89. The predicted molar refractivity (Wildman–Crippen MR) is 136 cm³/mol. The zero-order valence-corrected chi connectivity index (χ0v) is 22.7. The molecule has 2 rings (SSSR count). The molecule has 1 aromatic rings. The molecular formula is C26H43BO4Si. The first-order chi connectivity index (χ1) is 14.7. The molecule has 0 radical (unpaired) electrons. The van der Waals surface area contributed by atoms with Crippen molar-refractivity contribution in [2.45, 2.75) is 97.2 Å². The Morgan fingerprint density at radius 1 is 1.00 bits per heavy atom. The predicted octanol–water partition coefficient (Wildman–Crippen LogP) is 6.26. The van der Waals surface area contributed by atoms with Gasteiger partial charge in [0.1, 0.15) is 0 Å². The average molecular weight is 459 g/mol. The van der Waals surface area contributed by atoms with Crippen molar-refractivity contribution in [2.75, 3.05) is 13.2 Å². The van der Waals surface area contributed by atoms with Crippen molar-refractivity contribution in [3.05, 3.63) is 35.9 Å². The number of ether oxygens (including phenoxy) is 1. The Kier molecular flexibility index (Phi) is 9.24. The van der Waals surface area contributed by atoms with E-state index in [0.29, 0.717) is 25.7 Å². The van der Waals surface area contributed by atoms with Crippen LogP contribution < -0.4 is 0 Å². The van der Waals surface area contributed by atoms with Gasteiger partial charge in [0.25, 0.3) is 0 Å². The van der Waals surface area contributed by atoms with Gasteiger partial charge < -0.3 is 18.5 Å². The maximum atomic E-state index is 6.51. The van der Waals surface area contributed by atoms with E-state index >= 15 is 0 Å². The van der Waals surface area contributed by atoms with Gasteiger partial charge in [-0.25, -0.2) is 0 Å². The smallest absolute Gasteiger partial charge is 0.416 e. The lowest BCUT2D eigenvalue weighted by Gasteiger charge is -2.37. The molecule has 1 heterocycles. The van der Waals surface area contributed by atoms with Crippen molar-refractivity contribution < 1.29 is 18.5 Å². The number of hydrogen-bond acceptors (Lipinski definition) is 4. The van der Waals surface area contributed by atoms with Crippen LogP contribution in [0.4, 0.5) is 0 Å². The number of benzene rings is 1. The van der Waals surface area contributed by atoms with Gasteiger partial charge in [-0.2, -0.15) is 0 Å². The van der Waals surface area contributed by atoms with E-state index in [0.717, 1.165) is 12.8 Å². The SMILES string of the molecule is CC1(C)OB(C#CCCC(COCc2ccccc2)CO[Si](C)(C)C(C)(C)C)OC1(C)C. The number of hydrogen-bond donors (Lipinski definition) is 0. The van der Waals surface area contributed by atoms with Crippen LogP contribution in [-0.4, -0.2) is 39.9 Å². The first-order valence-corrected chi connectivity index (χ1v) is 14.7. The third-order valence-corrected chi connectivity index (χ3v) is 11.6. The van der Waals surface area contributed by atoms with Crippen molar-refractivity contribution in [2.24, 2.45) is 5.92 Å². The summed E-state index contributed by atoms with van der Waals surface area (Å²) >= 11 is 0. The summed E-state index contributed by atoms with van der Waals surface area (Å²) in [5.74, 6) is 6.73. The molecule has 0 bridgehead atoms. The Hall–Kier alpha value is -1.10. The molecule has 1 aliphatic rings. The van der Waals surface area contributed by atoms with Crippen LogP contribution in [0.2, 0.25) is 18.1 Å². The molecule has 1 atom stereocenters. The van der Waals surface area contributed by atoms with Crippen LogP contribution in [0.1, 0.15) is 66.9 Å². The van der Waals surface area contributed by atoms with Crippen LogP contribution >= 0.6 is 0 Å². The summed E-state index contributed by atoms with van der Waals surface area (Å²) in [6.45, 7) is 21.6. The summed E-state index contributed by atoms with van der Waals surface area (Å²) < 4.78 is 24.5.